The summed E-state index contributed by atoms with van der Waals surface area (Å²) >= 11 is 0. The van der Waals surface area contributed by atoms with Gasteiger partial charge in [-0.15, -0.1) is 0 Å². The van der Waals surface area contributed by atoms with E-state index in [-0.39, 0.29) is 35.4 Å². The third-order valence-electron chi connectivity index (χ3n) is 6.29. The van der Waals surface area contributed by atoms with Gasteiger partial charge in [0.25, 0.3) is 0 Å². The normalized spacial score (nSPS) is 12.7. The Bertz CT molecular complexity index is 1500. The lowest BCUT2D eigenvalue weighted by atomic mass is 10.1. The highest BCUT2D eigenvalue weighted by Gasteiger charge is 2.32. The number of hydrogen-bond donors (Lipinski definition) is 3. The SMILES string of the molecule is CCNC(=O)Nc1cc(Nc2ccncn2)nc(-c2nn(Cc3c(F)cc(OCC)cc3F)c(C3CC3)c2C)n1. The Morgan fingerprint density at radius 1 is 1.10 bits per heavy atom. The number of urea groups is 1. The predicted octanol–water partition coefficient (Wildman–Crippen LogP) is 4.93. The standard InChI is InChI=1S/C27H29F2N9O2/c1-4-31-27(39)36-23-12-22(33-21-8-9-30-14-32-21)34-26(35-23)24-15(3)25(16-6-7-16)38(37-24)13-18-19(28)10-17(40-5-2)11-20(18)29/h8-12,14,16H,4-7,13H2,1-3H3,(H3,30,31,32,33,34,35,36,39). The van der Waals surface area contributed by atoms with Crippen molar-refractivity contribution in [2.24, 2.45) is 0 Å². The molecule has 4 aromatic rings. The van der Waals surface area contributed by atoms with Gasteiger partial charge in [0.15, 0.2) is 5.82 Å². The van der Waals surface area contributed by atoms with Crippen LogP contribution in [0.2, 0.25) is 0 Å². The summed E-state index contributed by atoms with van der Waals surface area (Å²) in [6.07, 6.45) is 4.87. The van der Waals surface area contributed by atoms with Crippen molar-refractivity contribution in [3.05, 3.63) is 65.2 Å². The molecule has 208 valence electrons. The number of nitrogens with one attached hydrogen (secondary N) is 3. The van der Waals surface area contributed by atoms with E-state index in [0.29, 0.717) is 30.5 Å². The first-order chi connectivity index (χ1) is 19.4. The van der Waals surface area contributed by atoms with Crippen molar-refractivity contribution in [2.45, 2.75) is 46.1 Å². The minimum absolute atomic E-state index is 0.111. The monoisotopic (exact) mass is 549 g/mol. The average Bonchev–Trinajstić information content (AvgIpc) is 3.69. The Hall–Kier alpha value is -4.68. The summed E-state index contributed by atoms with van der Waals surface area (Å²) < 4.78 is 36.8. The number of hydrogen-bond acceptors (Lipinski definition) is 8. The number of anilines is 3. The van der Waals surface area contributed by atoms with Gasteiger partial charge in [-0.1, -0.05) is 0 Å². The largest absolute Gasteiger partial charge is 0.494 e. The van der Waals surface area contributed by atoms with E-state index in [9.17, 15) is 13.6 Å². The van der Waals surface area contributed by atoms with E-state index >= 15 is 0 Å². The molecule has 1 aliphatic carbocycles. The molecule has 3 heterocycles. The molecule has 1 aromatic carbocycles. The zero-order valence-corrected chi connectivity index (χ0v) is 22.3. The molecule has 1 aliphatic rings. The van der Waals surface area contributed by atoms with Crippen molar-refractivity contribution in [2.75, 3.05) is 23.8 Å². The number of rotatable bonds is 10. The van der Waals surface area contributed by atoms with Crippen LogP contribution in [0.1, 0.15) is 49.4 Å². The fourth-order valence-electron chi connectivity index (χ4n) is 4.40. The van der Waals surface area contributed by atoms with E-state index in [1.54, 1.807) is 36.9 Å². The quantitative estimate of drug-likeness (QED) is 0.254. The maximum absolute atomic E-state index is 14.9. The molecule has 0 atom stereocenters. The smallest absolute Gasteiger partial charge is 0.320 e. The van der Waals surface area contributed by atoms with Crippen molar-refractivity contribution in [1.29, 1.82) is 0 Å². The van der Waals surface area contributed by atoms with E-state index in [1.165, 1.54) is 18.5 Å². The zero-order chi connectivity index (χ0) is 28.2. The number of carbonyl (C=O) groups is 1. The number of halogens is 2. The molecule has 5 rings (SSSR count). The van der Waals surface area contributed by atoms with Crippen LogP contribution in [0.5, 0.6) is 5.75 Å². The molecule has 3 N–H and O–H groups in total. The van der Waals surface area contributed by atoms with E-state index in [1.807, 2.05) is 6.92 Å². The van der Waals surface area contributed by atoms with Gasteiger partial charge >= 0.3 is 6.03 Å². The van der Waals surface area contributed by atoms with Crippen molar-refractivity contribution in [3.63, 3.8) is 0 Å². The second-order valence-corrected chi connectivity index (χ2v) is 9.26. The number of benzene rings is 1. The van der Waals surface area contributed by atoms with Crippen LogP contribution < -0.4 is 20.7 Å². The van der Waals surface area contributed by atoms with Gasteiger partial charge in [-0.25, -0.2) is 33.5 Å². The molecule has 11 nitrogen and oxygen atoms in total. The molecule has 1 fully saturated rings. The summed E-state index contributed by atoms with van der Waals surface area (Å²) in [5.74, 6) is 0.253. The third-order valence-corrected chi connectivity index (χ3v) is 6.29. The molecule has 1 saturated carbocycles. The second kappa shape index (κ2) is 11.6. The zero-order valence-electron chi connectivity index (χ0n) is 22.3. The molecular weight excluding hydrogens is 520 g/mol. The Morgan fingerprint density at radius 2 is 1.85 bits per heavy atom. The maximum Gasteiger partial charge on any atom is 0.320 e. The summed E-state index contributed by atoms with van der Waals surface area (Å²) in [5, 5.41) is 13.2. The van der Waals surface area contributed by atoms with Gasteiger partial charge in [0.05, 0.1) is 13.2 Å². The van der Waals surface area contributed by atoms with Gasteiger partial charge in [-0.2, -0.15) is 5.10 Å². The minimum Gasteiger partial charge on any atom is -0.494 e. The lowest BCUT2D eigenvalue weighted by Crippen LogP contribution is -2.28. The highest BCUT2D eigenvalue weighted by Crippen LogP contribution is 2.44. The van der Waals surface area contributed by atoms with Crippen LogP contribution in [0.25, 0.3) is 11.5 Å². The minimum atomic E-state index is -0.708. The molecular formula is C27H29F2N9O2. The van der Waals surface area contributed by atoms with Crippen LogP contribution >= 0.6 is 0 Å². The van der Waals surface area contributed by atoms with E-state index in [2.05, 4.69) is 35.9 Å². The molecule has 0 bridgehead atoms. The lowest BCUT2D eigenvalue weighted by Gasteiger charge is -2.11. The molecule has 0 aliphatic heterocycles. The van der Waals surface area contributed by atoms with Gasteiger partial charge in [-0.3, -0.25) is 10.00 Å². The summed E-state index contributed by atoms with van der Waals surface area (Å²) in [4.78, 5) is 29.5. The van der Waals surface area contributed by atoms with Gasteiger partial charge in [0.2, 0.25) is 0 Å². The summed E-state index contributed by atoms with van der Waals surface area (Å²) in [6, 6.07) is 5.17. The van der Waals surface area contributed by atoms with Crippen LogP contribution in [0, 0.1) is 18.6 Å². The first-order valence-corrected chi connectivity index (χ1v) is 13.0. The van der Waals surface area contributed by atoms with Crippen molar-refractivity contribution >= 4 is 23.5 Å². The van der Waals surface area contributed by atoms with Crippen LogP contribution in [0.15, 0.2) is 36.8 Å². The lowest BCUT2D eigenvalue weighted by molar-refractivity contribution is 0.252. The van der Waals surface area contributed by atoms with Crippen molar-refractivity contribution in [1.82, 2.24) is 35.0 Å². The first-order valence-electron chi connectivity index (χ1n) is 13.0. The number of ether oxygens (including phenoxy) is 1. The highest BCUT2D eigenvalue weighted by molar-refractivity contribution is 5.89. The van der Waals surface area contributed by atoms with Crippen LogP contribution in [0.3, 0.4) is 0 Å². The van der Waals surface area contributed by atoms with E-state index in [0.717, 1.165) is 24.1 Å². The van der Waals surface area contributed by atoms with Crippen molar-refractivity contribution < 1.29 is 18.3 Å². The topological polar surface area (TPSA) is 132 Å². The van der Waals surface area contributed by atoms with Crippen LogP contribution in [-0.4, -0.2) is 48.9 Å². The molecule has 0 saturated heterocycles. The van der Waals surface area contributed by atoms with Gasteiger partial charge in [0.1, 0.15) is 46.9 Å². The second-order valence-electron chi connectivity index (χ2n) is 9.26. The van der Waals surface area contributed by atoms with E-state index in [4.69, 9.17) is 9.84 Å². The molecule has 3 aromatic heterocycles. The molecule has 0 radical (unpaired) electrons. The Balaban J connectivity index is 1.55. The average molecular weight is 550 g/mol. The molecule has 40 heavy (non-hydrogen) atoms. The van der Waals surface area contributed by atoms with E-state index < -0.39 is 17.7 Å². The summed E-state index contributed by atoms with van der Waals surface area (Å²) in [7, 11) is 0. The Morgan fingerprint density at radius 3 is 2.50 bits per heavy atom. The number of nitrogens with zero attached hydrogens (tertiary/aromatic N) is 6. The van der Waals surface area contributed by atoms with Gasteiger partial charge in [0, 0.05) is 53.7 Å². The molecule has 0 unspecified atom stereocenters. The van der Waals surface area contributed by atoms with Gasteiger partial charge in [-0.05, 0) is 39.7 Å². The van der Waals surface area contributed by atoms with Crippen LogP contribution in [-0.2, 0) is 6.54 Å². The fraction of sp³-hybridized carbons (Fsp3) is 0.333. The summed E-state index contributed by atoms with van der Waals surface area (Å²) in [6.45, 7) is 6.06. The van der Waals surface area contributed by atoms with Gasteiger partial charge < -0.3 is 15.4 Å². The fourth-order valence-corrected chi connectivity index (χ4v) is 4.40. The molecule has 2 amide bonds. The highest BCUT2D eigenvalue weighted by atomic mass is 19.1. The van der Waals surface area contributed by atoms with Crippen LogP contribution in [0.4, 0.5) is 31.0 Å². The Kier molecular flexibility index (Phi) is 7.80. The predicted molar refractivity (Wildman–Crippen MR) is 145 cm³/mol. The number of aromatic nitrogens is 6. The molecule has 0 spiro atoms. The molecule has 13 heteroatoms. The summed E-state index contributed by atoms with van der Waals surface area (Å²) in [5.41, 5.74) is 2.01. The first kappa shape index (κ1) is 26.9. The number of amides is 2. The Labute approximate surface area is 229 Å². The number of carbonyl (C=O) groups excluding carboxylic acids is 1. The third kappa shape index (κ3) is 5.98. The maximum atomic E-state index is 14.9. The van der Waals surface area contributed by atoms with Crippen molar-refractivity contribution in [3.8, 4) is 17.3 Å².